The second-order valence-electron chi connectivity index (χ2n) is 17.0. The summed E-state index contributed by atoms with van der Waals surface area (Å²) in [6, 6.07) is 12.5. The molecule has 2 aromatic heterocycles. The van der Waals surface area contributed by atoms with Crippen molar-refractivity contribution in [2.75, 3.05) is 55.2 Å². The molecule has 0 radical (unpaired) electrons. The van der Waals surface area contributed by atoms with Crippen molar-refractivity contribution in [2.45, 2.75) is 88.7 Å². The Kier molecular flexibility index (Phi) is 13.2. The first-order valence-electron chi connectivity index (χ1n) is 22.0. The number of H-pyrrole nitrogens is 2. The van der Waals surface area contributed by atoms with Crippen molar-refractivity contribution < 1.29 is 42.9 Å². The molecule has 0 spiro atoms. The van der Waals surface area contributed by atoms with Gasteiger partial charge in [0.05, 0.1) is 68.0 Å². The maximum atomic E-state index is 14.1. The zero-order chi connectivity index (χ0) is 45.2. The van der Waals surface area contributed by atoms with E-state index in [2.05, 4.69) is 57.0 Å². The van der Waals surface area contributed by atoms with Crippen LogP contribution in [0.1, 0.15) is 74.4 Å². The average molecular weight is 879 g/mol. The van der Waals surface area contributed by atoms with Crippen molar-refractivity contribution in [1.29, 1.82) is 0 Å². The minimum absolute atomic E-state index is 0.0793. The normalized spacial score (nSPS) is 20.3. The van der Waals surface area contributed by atoms with Gasteiger partial charge in [-0.15, -0.1) is 0 Å². The second kappa shape index (κ2) is 19.0. The zero-order valence-corrected chi connectivity index (χ0v) is 37.5. The highest BCUT2D eigenvalue weighted by Gasteiger charge is 2.43. The average Bonchev–Trinajstić information content (AvgIpc) is 4.18. The largest absolute Gasteiger partial charge is 0.453 e. The smallest absolute Gasteiger partial charge is 0.407 e. The van der Waals surface area contributed by atoms with Gasteiger partial charge in [0.2, 0.25) is 11.8 Å². The Labute approximate surface area is 371 Å². The van der Waals surface area contributed by atoms with Crippen LogP contribution in [-0.2, 0) is 46.1 Å². The fraction of sp³-hybridized carbons (Fsp3) is 0.489. The number of nitrogens with one attached hydrogen (secondary N) is 4. The number of alkyl carbamates (subject to hydrolysis) is 2. The summed E-state index contributed by atoms with van der Waals surface area (Å²) in [5.41, 5.74) is 8.60. The number of imidazole rings is 2. The van der Waals surface area contributed by atoms with Gasteiger partial charge < -0.3 is 54.1 Å². The van der Waals surface area contributed by atoms with Gasteiger partial charge in [0.15, 0.2) is 0 Å². The number of fused-ring (bicyclic) bond motifs is 4. The van der Waals surface area contributed by atoms with Crippen molar-refractivity contribution in [1.82, 2.24) is 40.4 Å². The van der Waals surface area contributed by atoms with Crippen molar-refractivity contribution >= 4 is 45.8 Å². The van der Waals surface area contributed by atoms with Crippen molar-refractivity contribution in [3.63, 3.8) is 0 Å². The number of likely N-dealkylation sites (tertiary alicyclic amines) is 2. The van der Waals surface area contributed by atoms with E-state index in [9.17, 15) is 19.2 Å². The van der Waals surface area contributed by atoms with Gasteiger partial charge in [0, 0.05) is 51.3 Å². The maximum Gasteiger partial charge on any atom is 0.407 e. The Bertz CT molecular complexity index is 2540. The van der Waals surface area contributed by atoms with Gasteiger partial charge in [-0.05, 0) is 92.1 Å². The molecule has 0 unspecified atom stereocenters. The molecule has 4 amide bonds. The summed E-state index contributed by atoms with van der Waals surface area (Å²) in [7, 11) is 7.19. The van der Waals surface area contributed by atoms with Crippen LogP contribution in [0.4, 0.5) is 9.59 Å². The van der Waals surface area contributed by atoms with E-state index in [-0.39, 0.29) is 29.8 Å². The van der Waals surface area contributed by atoms with E-state index in [1.165, 1.54) is 45.1 Å². The molecule has 8 rings (SSSR count). The van der Waals surface area contributed by atoms with E-state index >= 15 is 0 Å². The predicted octanol–water partition coefficient (Wildman–Crippen LogP) is 5.98. The van der Waals surface area contributed by atoms with E-state index in [1.807, 2.05) is 12.3 Å². The molecule has 2 fully saturated rings. The van der Waals surface area contributed by atoms with Crippen molar-refractivity contribution in [2.24, 2.45) is 5.92 Å². The third-order valence-electron chi connectivity index (χ3n) is 13.3. The first-order valence-corrected chi connectivity index (χ1v) is 22.0. The number of amides is 4. The Morgan fingerprint density at radius 1 is 0.781 bits per heavy atom. The number of ether oxygens (including phenoxy) is 5. The minimum atomic E-state index is -0.951. The van der Waals surface area contributed by atoms with Crippen molar-refractivity contribution in [3.05, 3.63) is 71.4 Å². The first kappa shape index (κ1) is 44.6. The van der Waals surface area contributed by atoms with Gasteiger partial charge in [-0.2, -0.15) is 0 Å². The van der Waals surface area contributed by atoms with Crippen LogP contribution in [0.25, 0.3) is 44.2 Å². The lowest BCUT2D eigenvalue weighted by Gasteiger charge is -2.30. The number of carbonyl (C=O) groups is 4. The van der Waals surface area contributed by atoms with Gasteiger partial charge in [0.1, 0.15) is 23.7 Å². The summed E-state index contributed by atoms with van der Waals surface area (Å²) < 4.78 is 26.1. The summed E-state index contributed by atoms with van der Waals surface area (Å²) in [6.07, 6.45) is 4.39. The lowest BCUT2D eigenvalue weighted by molar-refractivity contribution is -0.138. The molecular weight excluding hydrogens is 821 g/mol. The van der Waals surface area contributed by atoms with Gasteiger partial charge in [-0.3, -0.25) is 9.59 Å². The zero-order valence-electron chi connectivity index (χ0n) is 37.5. The molecule has 3 aliphatic rings. The summed E-state index contributed by atoms with van der Waals surface area (Å²) in [5, 5.41) is 7.38. The number of benzene rings is 3. The number of hydrogen-bond donors (Lipinski definition) is 4. The summed E-state index contributed by atoms with van der Waals surface area (Å²) >= 11 is 0. The number of nitrogens with zero attached hydrogens (tertiary/aromatic N) is 4. The predicted molar refractivity (Wildman–Crippen MR) is 238 cm³/mol. The third kappa shape index (κ3) is 8.51. The standard InChI is InChI=1S/C47H58N8O9/c1-25(61-4)39(52-46(58)63-6)44(56)54-19-9-12-37(54)43-49-35-18-14-29-21-28(13-15-31(29)41(35)51-43)30-16-17-34(33-11-8-10-32(30)33)36-22-48-42(50-36)38-20-27(24-60-3)23-55(38)45(57)40(26(2)62-5)53-47(59)64-7/h13-18,21-22,25-27,37-40H,8-12,19-20,23-24H2,1-7H3,(H,48,50)(H,49,51)(H,52,58)(H,53,59)/t25-,26-,27+,37+,38+,39+,40+/m1/s1. The summed E-state index contributed by atoms with van der Waals surface area (Å²) in [6.45, 7) is 4.94. The molecule has 2 aliphatic heterocycles. The van der Waals surface area contributed by atoms with Crippen molar-refractivity contribution in [3.8, 4) is 22.4 Å². The molecule has 4 heterocycles. The van der Waals surface area contributed by atoms with Gasteiger partial charge >= 0.3 is 12.2 Å². The van der Waals surface area contributed by atoms with Gasteiger partial charge in [-0.1, -0.05) is 30.3 Å². The number of methoxy groups -OCH3 is 5. The molecule has 0 saturated carbocycles. The highest BCUT2D eigenvalue weighted by Crippen LogP contribution is 2.42. The van der Waals surface area contributed by atoms with E-state index in [1.54, 1.807) is 30.8 Å². The summed E-state index contributed by atoms with van der Waals surface area (Å²) in [4.78, 5) is 73.0. The highest BCUT2D eigenvalue weighted by atomic mass is 16.5. The maximum absolute atomic E-state index is 14.1. The van der Waals surface area contributed by atoms with E-state index in [4.69, 9.17) is 33.7 Å². The fourth-order valence-electron chi connectivity index (χ4n) is 9.88. The lowest BCUT2D eigenvalue weighted by Crippen LogP contribution is -2.54. The Hall–Kier alpha value is -6.04. The molecule has 3 aromatic carbocycles. The number of rotatable bonds is 14. The highest BCUT2D eigenvalue weighted by molar-refractivity contribution is 6.05. The number of aromatic nitrogens is 4. The van der Waals surface area contributed by atoms with Gasteiger partial charge in [0.25, 0.3) is 0 Å². The monoisotopic (exact) mass is 878 g/mol. The van der Waals surface area contributed by atoms with E-state index in [0.717, 1.165) is 70.7 Å². The Balaban J connectivity index is 1.05. The quantitative estimate of drug-likeness (QED) is 0.102. The fourth-order valence-corrected chi connectivity index (χ4v) is 9.88. The van der Waals surface area contributed by atoms with Crippen LogP contribution in [0.5, 0.6) is 0 Å². The lowest BCUT2D eigenvalue weighted by atomic mass is 9.91. The molecular formula is C47H58N8O9. The first-order chi connectivity index (χ1) is 31.0. The van der Waals surface area contributed by atoms with E-state index in [0.29, 0.717) is 37.8 Å². The molecule has 2 saturated heterocycles. The van der Waals surface area contributed by atoms with Crippen LogP contribution in [0.3, 0.4) is 0 Å². The molecule has 64 heavy (non-hydrogen) atoms. The van der Waals surface area contributed by atoms with Crippen LogP contribution < -0.4 is 10.6 Å². The number of hydrogen-bond acceptors (Lipinski definition) is 11. The number of carbonyl (C=O) groups excluding carboxylic acids is 4. The number of aromatic amines is 2. The van der Waals surface area contributed by atoms with Gasteiger partial charge in [-0.25, -0.2) is 19.6 Å². The van der Waals surface area contributed by atoms with Crippen LogP contribution in [0.15, 0.2) is 48.7 Å². The van der Waals surface area contributed by atoms with E-state index < -0.39 is 36.5 Å². The van der Waals surface area contributed by atoms with Crippen LogP contribution >= 0.6 is 0 Å². The topological polar surface area (TPSA) is 202 Å². The van der Waals surface area contributed by atoms with Crippen LogP contribution in [0, 0.1) is 5.92 Å². The molecule has 1 aliphatic carbocycles. The minimum Gasteiger partial charge on any atom is -0.453 e. The van der Waals surface area contributed by atoms with Crippen LogP contribution in [-0.4, -0.2) is 133 Å². The summed E-state index contributed by atoms with van der Waals surface area (Å²) in [5.74, 6) is 0.938. The molecule has 0 bridgehead atoms. The molecule has 5 aromatic rings. The molecule has 4 N–H and O–H groups in total. The Morgan fingerprint density at radius 3 is 2.12 bits per heavy atom. The molecule has 17 nitrogen and oxygen atoms in total. The Morgan fingerprint density at radius 2 is 1.45 bits per heavy atom. The molecule has 340 valence electrons. The molecule has 7 atom stereocenters. The third-order valence-corrected chi connectivity index (χ3v) is 13.3. The van der Waals surface area contributed by atoms with Crippen LogP contribution in [0.2, 0.25) is 0 Å². The second-order valence-corrected chi connectivity index (χ2v) is 17.0. The molecule has 17 heteroatoms. The SMILES string of the molecule is COC[C@H]1C[C@@H](c2ncc(-c3ccc(-c4ccc5c(ccc6[nH]c([C@@H]7CCCN7C(=O)[C@@H](NC(=O)OC)[C@@H](C)OC)nc65)c4)c4c3CCC4)[nH]2)N(C(=O)[C@@H](NC(=O)OC)[C@@H](C)OC)C1.